The van der Waals surface area contributed by atoms with E-state index in [9.17, 15) is 9.59 Å². The Bertz CT molecular complexity index is 778. The number of likely N-dealkylation sites (tertiary alicyclic amines) is 1. The highest BCUT2D eigenvalue weighted by molar-refractivity contribution is 5.87. The molecule has 3 rings (SSSR count). The fourth-order valence-corrected chi connectivity index (χ4v) is 3.55. The van der Waals surface area contributed by atoms with Gasteiger partial charge in [-0.3, -0.25) is 4.79 Å². The summed E-state index contributed by atoms with van der Waals surface area (Å²) in [7, 11) is 0. The number of amides is 1. The second kappa shape index (κ2) is 7.77. The predicted molar refractivity (Wildman–Crippen MR) is 98.0 cm³/mol. The Hall–Kier alpha value is -2.56. The number of rotatable bonds is 5. The number of carboxylic acids is 1. The Morgan fingerprint density at radius 3 is 2.54 bits per heavy atom. The van der Waals surface area contributed by atoms with E-state index >= 15 is 0 Å². The van der Waals surface area contributed by atoms with Crippen molar-refractivity contribution >= 4 is 11.9 Å². The van der Waals surface area contributed by atoms with Gasteiger partial charge in [0, 0.05) is 13.0 Å². The molecule has 0 saturated carbocycles. The molecule has 1 aliphatic rings. The molecule has 0 radical (unpaired) electrons. The van der Waals surface area contributed by atoms with Gasteiger partial charge in [0.15, 0.2) is 0 Å². The van der Waals surface area contributed by atoms with Crippen molar-refractivity contribution in [3.8, 4) is 0 Å². The van der Waals surface area contributed by atoms with E-state index in [0.29, 0.717) is 18.8 Å². The highest BCUT2D eigenvalue weighted by Gasteiger charge is 2.32. The lowest BCUT2D eigenvalue weighted by Gasteiger charge is -2.37. The first-order valence-electron chi connectivity index (χ1n) is 9.12. The van der Waals surface area contributed by atoms with Crippen LogP contribution in [-0.4, -0.2) is 28.4 Å². The number of benzene rings is 1. The molecule has 1 N–H and O–H groups in total. The highest BCUT2D eigenvalue weighted by atomic mass is 16.4. The molecule has 5 heteroatoms. The SMILES string of the molecule is Cc1ccc(C2CC(C)CCN2C(=O)CCc2ccc(C(=O)O)cc2)o1. The molecule has 26 heavy (non-hydrogen) atoms. The van der Waals surface area contributed by atoms with Crippen LogP contribution < -0.4 is 0 Å². The summed E-state index contributed by atoms with van der Waals surface area (Å²) < 4.78 is 5.80. The normalized spacial score (nSPS) is 20.2. The van der Waals surface area contributed by atoms with Crippen LogP contribution in [0.15, 0.2) is 40.8 Å². The second-order valence-electron chi connectivity index (χ2n) is 7.18. The molecule has 1 amide bonds. The van der Waals surface area contributed by atoms with Gasteiger partial charge in [-0.2, -0.15) is 0 Å². The first-order valence-corrected chi connectivity index (χ1v) is 9.12. The summed E-state index contributed by atoms with van der Waals surface area (Å²) in [5, 5.41) is 8.95. The zero-order valence-electron chi connectivity index (χ0n) is 15.3. The van der Waals surface area contributed by atoms with Gasteiger partial charge in [0.25, 0.3) is 0 Å². The Kier molecular flexibility index (Phi) is 5.45. The number of aromatic carboxylic acids is 1. The number of carboxylic acid groups (broad SMARTS) is 1. The molecule has 5 nitrogen and oxygen atoms in total. The molecular weight excluding hydrogens is 330 g/mol. The summed E-state index contributed by atoms with van der Waals surface area (Å²) in [6, 6.07) is 10.7. The van der Waals surface area contributed by atoms with E-state index in [1.165, 1.54) is 0 Å². The summed E-state index contributed by atoms with van der Waals surface area (Å²) in [4.78, 5) is 25.7. The van der Waals surface area contributed by atoms with Crippen molar-refractivity contribution in [3.63, 3.8) is 0 Å². The molecular formula is C21H25NO4. The van der Waals surface area contributed by atoms with Gasteiger partial charge in [-0.25, -0.2) is 4.79 Å². The Balaban J connectivity index is 1.66. The van der Waals surface area contributed by atoms with Crippen molar-refractivity contribution in [1.29, 1.82) is 0 Å². The van der Waals surface area contributed by atoms with Gasteiger partial charge in [-0.15, -0.1) is 0 Å². The lowest BCUT2D eigenvalue weighted by molar-refractivity contribution is -0.136. The molecule has 2 atom stereocenters. The largest absolute Gasteiger partial charge is 0.478 e. The quantitative estimate of drug-likeness (QED) is 0.872. The van der Waals surface area contributed by atoms with Crippen LogP contribution in [0.2, 0.25) is 0 Å². The number of carbonyl (C=O) groups is 2. The number of furan rings is 1. The van der Waals surface area contributed by atoms with Crippen molar-refractivity contribution in [3.05, 3.63) is 59.0 Å². The monoisotopic (exact) mass is 355 g/mol. The number of carbonyl (C=O) groups excluding carboxylic acids is 1. The van der Waals surface area contributed by atoms with Crippen LogP contribution in [0.3, 0.4) is 0 Å². The molecule has 1 aromatic carbocycles. The van der Waals surface area contributed by atoms with Crippen LogP contribution in [0.4, 0.5) is 0 Å². The standard InChI is InChI=1S/C21H25NO4/c1-14-11-12-22(18(13-14)19-9-3-15(2)26-19)20(23)10-6-16-4-7-17(8-5-16)21(24)25/h3-5,7-9,14,18H,6,10-13H2,1-2H3,(H,24,25). The zero-order chi connectivity index (χ0) is 18.7. The van der Waals surface area contributed by atoms with Crippen LogP contribution in [0.1, 0.15) is 59.7 Å². The van der Waals surface area contributed by atoms with Gasteiger partial charge in [0.05, 0.1) is 11.6 Å². The molecule has 2 heterocycles. The average molecular weight is 355 g/mol. The van der Waals surface area contributed by atoms with Crippen molar-refractivity contribution in [2.45, 2.75) is 45.6 Å². The van der Waals surface area contributed by atoms with Gasteiger partial charge < -0.3 is 14.4 Å². The van der Waals surface area contributed by atoms with Crippen LogP contribution >= 0.6 is 0 Å². The van der Waals surface area contributed by atoms with Gasteiger partial charge >= 0.3 is 5.97 Å². The fraction of sp³-hybridized carbons (Fsp3) is 0.429. The molecule has 0 aliphatic carbocycles. The van der Waals surface area contributed by atoms with Crippen molar-refractivity contribution in [1.82, 2.24) is 4.90 Å². The van der Waals surface area contributed by atoms with Gasteiger partial charge in [-0.05, 0) is 61.9 Å². The second-order valence-corrected chi connectivity index (χ2v) is 7.18. The summed E-state index contributed by atoms with van der Waals surface area (Å²) in [5.74, 6) is 1.49. The molecule has 1 aliphatic heterocycles. The van der Waals surface area contributed by atoms with E-state index in [1.54, 1.807) is 24.3 Å². The Morgan fingerprint density at radius 2 is 1.92 bits per heavy atom. The molecule has 2 unspecified atom stereocenters. The van der Waals surface area contributed by atoms with Crippen molar-refractivity contribution in [2.75, 3.05) is 6.54 Å². The lowest BCUT2D eigenvalue weighted by Crippen LogP contribution is -2.40. The maximum Gasteiger partial charge on any atom is 0.335 e. The third kappa shape index (κ3) is 4.15. The van der Waals surface area contributed by atoms with Gasteiger partial charge in [-0.1, -0.05) is 19.1 Å². The number of hydrogen-bond acceptors (Lipinski definition) is 3. The van der Waals surface area contributed by atoms with Crippen LogP contribution in [0, 0.1) is 12.8 Å². The molecule has 2 aromatic rings. The predicted octanol–water partition coefficient (Wildman–Crippen LogP) is 4.22. The van der Waals surface area contributed by atoms with E-state index in [-0.39, 0.29) is 17.5 Å². The van der Waals surface area contributed by atoms with Crippen LogP contribution in [-0.2, 0) is 11.2 Å². The summed E-state index contributed by atoms with van der Waals surface area (Å²) >= 11 is 0. The topological polar surface area (TPSA) is 70.8 Å². The van der Waals surface area contributed by atoms with Crippen molar-refractivity contribution in [2.24, 2.45) is 5.92 Å². The summed E-state index contributed by atoms with van der Waals surface area (Å²) in [6.45, 7) is 4.89. The third-order valence-electron chi connectivity index (χ3n) is 5.10. The smallest absolute Gasteiger partial charge is 0.335 e. The number of piperidine rings is 1. The van der Waals surface area contributed by atoms with E-state index < -0.39 is 5.97 Å². The number of nitrogens with zero attached hydrogens (tertiary/aromatic N) is 1. The Morgan fingerprint density at radius 1 is 1.19 bits per heavy atom. The Labute approximate surface area is 153 Å². The first-order chi connectivity index (χ1) is 12.4. The van der Waals surface area contributed by atoms with Gasteiger partial charge in [0.1, 0.15) is 11.5 Å². The maximum atomic E-state index is 12.8. The summed E-state index contributed by atoms with van der Waals surface area (Å²) in [6.07, 6.45) is 2.95. The molecule has 1 aromatic heterocycles. The van der Waals surface area contributed by atoms with E-state index in [2.05, 4.69) is 6.92 Å². The zero-order valence-corrected chi connectivity index (χ0v) is 15.3. The molecule has 0 bridgehead atoms. The van der Waals surface area contributed by atoms with Crippen LogP contribution in [0.25, 0.3) is 0 Å². The fourth-order valence-electron chi connectivity index (χ4n) is 3.55. The third-order valence-corrected chi connectivity index (χ3v) is 5.10. The van der Waals surface area contributed by atoms with Crippen LogP contribution in [0.5, 0.6) is 0 Å². The van der Waals surface area contributed by atoms with E-state index in [4.69, 9.17) is 9.52 Å². The molecule has 1 fully saturated rings. The minimum absolute atomic E-state index is 0.00864. The van der Waals surface area contributed by atoms with Gasteiger partial charge in [0.2, 0.25) is 5.91 Å². The average Bonchev–Trinajstić information content (AvgIpc) is 3.06. The van der Waals surface area contributed by atoms with E-state index in [0.717, 1.165) is 36.5 Å². The molecule has 1 saturated heterocycles. The number of hydrogen-bond donors (Lipinski definition) is 1. The lowest BCUT2D eigenvalue weighted by atomic mass is 9.90. The van der Waals surface area contributed by atoms with E-state index in [1.807, 2.05) is 24.0 Å². The minimum Gasteiger partial charge on any atom is -0.478 e. The highest BCUT2D eigenvalue weighted by Crippen LogP contribution is 2.35. The molecule has 0 spiro atoms. The minimum atomic E-state index is -0.938. The molecule has 138 valence electrons. The summed E-state index contributed by atoms with van der Waals surface area (Å²) in [5.41, 5.74) is 1.23. The first kappa shape index (κ1) is 18.2. The maximum absolute atomic E-state index is 12.8. The number of aryl methyl sites for hydroxylation is 2. The van der Waals surface area contributed by atoms with Crippen molar-refractivity contribution < 1.29 is 19.1 Å².